The van der Waals surface area contributed by atoms with Gasteiger partial charge >= 0.3 is 0 Å². The summed E-state index contributed by atoms with van der Waals surface area (Å²) >= 11 is 0. The van der Waals surface area contributed by atoms with E-state index in [-0.39, 0.29) is 0 Å². The Labute approximate surface area is 73.0 Å². The molecule has 0 radical (unpaired) electrons. The predicted octanol–water partition coefficient (Wildman–Crippen LogP) is 1.15. The van der Waals surface area contributed by atoms with Gasteiger partial charge in [-0.25, -0.2) is 0 Å². The maximum absolute atomic E-state index is 4.33. The number of hydrogen-bond donors (Lipinski definition) is 1. The van der Waals surface area contributed by atoms with E-state index in [9.17, 15) is 0 Å². The van der Waals surface area contributed by atoms with Gasteiger partial charge in [0.2, 0.25) is 0 Å². The van der Waals surface area contributed by atoms with Gasteiger partial charge in [-0.3, -0.25) is 4.98 Å². The van der Waals surface area contributed by atoms with Crippen LogP contribution in [0, 0.1) is 12.8 Å². The molecular weight excluding hydrogens is 148 g/mol. The molecule has 0 unspecified atom stereocenters. The normalized spacial score (nSPS) is 17.4. The lowest BCUT2D eigenvalue weighted by atomic mass is 9.97. The third-order valence-corrected chi connectivity index (χ3v) is 2.34. The van der Waals surface area contributed by atoms with E-state index in [4.69, 9.17) is 0 Å². The molecule has 0 bridgehead atoms. The van der Waals surface area contributed by atoms with E-state index in [2.05, 4.69) is 23.3 Å². The van der Waals surface area contributed by atoms with Gasteiger partial charge in [0.05, 0.1) is 0 Å². The number of rotatable bonds is 2. The van der Waals surface area contributed by atoms with E-state index in [1.165, 1.54) is 11.3 Å². The molecule has 2 nitrogen and oxygen atoms in total. The van der Waals surface area contributed by atoms with Crippen molar-refractivity contribution < 1.29 is 0 Å². The minimum atomic E-state index is 0.819. The summed E-state index contributed by atoms with van der Waals surface area (Å²) in [6.07, 6.45) is 3.03. The van der Waals surface area contributed by atoms with Crippen LogP contribution in [0.2, 0.25) is 0 Å². The SMILES string of the molecule is Cc1ccnc(CC2CNC2)c1. The maximum Gasteiger partial charge on any atom is 0.0409 e. The van der Waals surface area contributed by atoms with Gasteiger partial charge < -0.3 is 5.32 Å². The molecule has 1 aliphatic heterocycles. The average Bonchev–Trinajstić information content (AvgIpc) is 1.97. The van der Waals surface area contributed by atoms with Crippen molar-refractivity contribution in [3.63, 3.8) is 0 Å². The standard InChI is InChI=1S/C10H14N2/c1-8-2-3-12-10(4-8)5-9-6-11-7-9/h2-4,9,11H,5-7H2,1H3. The highest BCUT2D eigenvalue weighted by Crippen LogP contribution is 2.11. The van der Waals surface area contributed by atoms with Gasteiger partial charge in [0.25, 0.3) is 0 Å². The van der Waals surface area contributed by atoms with E-state index in [0.717, 1.165) is 25.4 Å². The summed E-state index contributed by atoms with van der Waals surface area (Å²) in [5.41, 5.74) is 2.55. The van der Waals surface area contributed by atoms with Crippen molar-refractivity contribution in [3.8, 4) is 0 Å². The van der Waals surface area contributed by atoms with Crippen molar-refractivity contribution in [2.24, 2.45) is 5.92 Å². The van der Waals surface area contributed by atoms with Gasteiger partial charge in [0.15, 0.2) is 0 Å². The first-order chi connectivity index (χ1) is 5.84. The summed E-state index contributed by atoms with van der Waals surface area (Å²) < 4.78 is 0. The highest BCUT2D eigenvalue weighted by Gasteiger charge is 2.17. The van der Waals surface area contributed by atoms with Crippen LogP contribution in [0.15, 0.2) is 18.3 Å². The van der Waals surface area contributed by atoms with Crippen LogP contribution in [-0.4, -0.2) is 18.1 Å². The molecule has 1 aromatic heterocycles. The van der Waals surface area contributed by atoms with Crippen LogP contribution >= 0.6 is 0 Å². The van der Waals surface area contributed by atoms with Crippen molar-refractivity contribution in [3.05, 3.63) is 29.6 Å². The maximum atomic E-state index is 4.33. The van der Waals surface area contributed by atoms with Gasteiger partial charge in [-0.2, -0.15) is 0 Å². The zero-order valence-corrected chi connectivity index (χ0v) is 7.38. The third-order valence-electron chi connectivity index (χ3n) is 2.34. The van der Waals surface area contributed by atoms with Crippen LogP contribution in [-0.2, 0) is 6.42 Å². The van der Waals surface area contributed by atoms with Crippen molar-refractivity contribution in [2.45, 2.75) is 13.3 Å². The van der Waals surface area contributed by atoms with Crippen LogP contribution in [0.5, 0.6) is 0 Å². The van der Waals surface area contributed by atoms with Gasteiger partial charge in [-0.1, -0.05) is 0 Å². The van der Waals surface area contributed by atoms with Crippen LogP contribution in [0.25, 0.3) is 0 Å². The highest BCUT2D eigenvalue weighted by molar-refractivity contribution is 5.15. The highest BCUT2D eigenvalue weighted by atomic mass is 14.9. The lowest BCUT2D eigenvalue weighted by molar-refractivity contribution is 0.344. The Hall–Kier alpha value is -0.890. The Morgan fingerprint density at radius 2 is 2.42 bits per heavy atom. The lowest BCUT2D eigenvalue weighted by Gasteiger charge is -2.26. The molecule has 1 aromatic rings. The molecule has 2 heteroatoms. The second kappa shape index (κ2) is 3.23. The van der Waals surface area contributed by atoms with E-state index in [1.807, 2.05) is 12.3 Å². The first-order valence-electron chi connectivity index (χ1n) is 4.47. The molecule has 12 heavy (non-hydrogen) atoms. The smallest absolute Gasteiger partial charge is 0.0409 e. The molecule has 0 aliphatic carbocycles. The van der Waals surface area contributed by atoms with Crippen LogP contribution in [0.3, 0.4) is 0 Å². The van der Waals surface area contributed by atoms with Crippen LogP contribution in [0.4, 0.5) is 0 Å². The number of pyridine rings is 1. The number of aromatic nitrogens is 1. The van der Waals surface area contributed by atoms with E-state index in [0.29, 0.717) is 0 Å². The molecule has 0 atom stereocenters. The predicted molar refractivity (Wildman–Crippen MR) is 49.0 cm³/mol. The average molecular weight is 162 g/mol. The van der Waals surface area contributed by atoms with Gasteiger partial charge in [-0.05, 0) is 50.0 Å². The second-order valence-corrected chi connectivity index (χ2v) is 3.55. The molecule has 64 valence electrons. The number of nitrogens with zero attached hydrogens (tertiary/aromatic N) is 1. The first-order valence-corrected chi connectivity index (χ1v) is 4.47. The number of aryl methyl sites for hydroxylation is 1. The topological polar surface area (TPSA) is 24.9 Å². The Morgan fingerprint density at radius 3 is 3.00 bits per heavy atom. The van der Waals surface area contributed by atoms with E-state index in [1.54, 1.807) is 0 Å². The van der Waals surface area contributed by atoms with Gasteiger partial charge in [0.1, 0.15) is 0 Å². The largest absolute Gasteiger partial charge is 0.316 e. The Kier molecular flexibility index (Phi) is 2.09. The molecule has 1 fully saturated rings. The quantitative estimate of drug-likeness (QED) is 0.705. The van der Waals surface area contributed by atoms with Crippen molar-refractivity contribution >= 4 is 0 Å². The van der Waals surface area contributed by atoms with Crippen molar-refractivity contribution in [1.29, 1.82) is 0 Å². The molecule has 2 heterocycles. The van der Waals surface area contributed by atoms with Gasteiger partial charge in [0, 0.05) is 11.9 Å². The van der Waals surface area contributed by atoms with Crippen LogP contribution in [0.1, 0.15) is 11.3 Å². The summed E-state index contributed by atoms with van der Waals surface area (Å²) in [4.78, 5) is 4.33. The molecule has 1 N–H and O–H groups in total. The van der Waals surface area contributed by atoms with Crippen LogP contribution < -0.4 is 5.32 Å². The zero-order chi connectivity index (χ0) is 8.39. The minimum Gasteiger partial charge on any atom is -0.316 e. The fourth-order valence-electron chi connectivity index (χ4n) is 1.50. The number of hydrogen-bond acceptors (Lipinski definition) is 2. The molecule has 0 amide bonds. The Bertz CT molecular complexity index is 266. The number of nitrogens with one attached hydrogen (secondary N) is 1. The molecule has 1 aliphatic rings. The fraction of sp³-hybridized carbons (Fsp3) is 0.500. The summed E-state index contributed by atoms with van der Waals surface area (Å²) in [6.45, 7) is 4.44. The molecule has 1 saturated heterocycles. The third kappa shape index (κ3) is 1.64. The fourth-order valence-corrected chi connectivity index (χ4v) is 1.50. The second-order valence-electron chi connectivity index (χ2n) is 3.55. The lowest BCUT2D eigenvalue weighted by Crippen LogP contribution is -2.43. The summed E-state index contributed by atoms with van der Waals surface area (Å²) in [7, 11) is 0. The monoisotopic (exact) mass is 162 g/mol. The zero-order valence-electron chi connectivity index (χ0n) is 7.38. The summed E-state index contributed by atoms with van der Waals surface area (Å²) in [6, 6.07) is 4.22. The summed E-state index contributed by atoms with van der Waals surface area (Å²) in [5.74, 6) is 0.819. The van der Waals surface area contributed by atoms with E-state index < -0.39 is 0 Å². The molecule has 0 aromatic carbocycles. The molecular formula is C10H14N2. The Balaban J connectivity index is 2.02. The Morgan fingerprint density at radius 1 is 1.58 bits per heavy atom. The van der Waals surface area contributed by atoms with Crippen molar-refractivity contribution in [2.75, 3.05) is 13.1 Å². The van der Waals surface area contributed by atoms with E-state index >= 15 is 0 Å². The molecule has 2 rings (SSSR count). The first kappa shape index (κ1) is 7.74. The molecule has 0 saturated carbocycles. The molecule has 0 spiro atoms. The van der Waals surface area contributed by atoms with Gasteiger partial charge in [-0.15, -0.1) is 0 Å². The minimum absolute atomic E-state index is 0.819. The summed E-state index contributed by atoms with van der Waals surface area (Å²) in [5, 5.41) is 3.27. The van der Waals surface area contributed by atoms with Crippen molar-refractivity contribution in [1.82, 2.24) is 10.3 Å².